The third-order valence-electron chi connectivity index (χ3n) is 6.08. The number of aromatic nitrogens is 1. The summed E-state index contributed by atoms with van der Waals surface area (Å²) in [7, 11) is 1.66. The van der Waals surface area contributed by atoms with Crippen LogP contribution in [-0.4, -0.2) is 36.0 Å². The lowest BCUT2D eigenvalue weighted by atomic mass is 9.93. The molecule has 1 aliphatic rings. The Labute approximate surface area is 184 Å². The van der Waals surface area contributed by atoms with E-state index in [0.29, 0.717) is 12.3 Å². The molecule has 0 N–H and O–H groups in total. The van der Waals surface area contributed by atoms with Crippen molar-refractivity contribution in [3.63, 3.8) is 0 Å². The van der Waals surface area contributed by atoms with Crippen molar-refractivity contribution in [3.05, 3.63) is 95.3 Å². The minimum absolute atomic E-state index is 0.237. The molecular weight excluding hydrogens is 384 g/mol. The molecule has 0 spiro atoms. The third-order valence-corrected chi connectivity index (χ3v) is 6.08. The van der Waals surface area contributed by atoms with Gasteiger partial charge < -0.3 is 9.64 Å². The zero-order valence-corrected chi connectivity index (χ0v) is 18.2. The summed E-state index contributed by atoms with van der Waals surface area (Å²) < 4.78 is 5.20. The van der Waals surface area contributed by atoms with E-state index >= 15 is 0 Å². The number of amides is 1. The van der Waals surface area contributed by atoms with E-state index in [0.717, 1.165) is 50.2 Å². The number of aryl methyl sites for hydroxylation is 1. The summed E-state index contributed by atoms with van der Waals surface area (Å²) in [6, 6.07) is 22.8. The highest BCUT2D eigenvalue weighted by atomic mass is 16.5. The van der Waals surface area contributed by atoms with Gasteiger partial charge >= 0.3 is 0 Å². The van der Waals surface area contributed by atoms with Gasteiger partial charge in [0.05, 0.1) is 7.11 Å². The number of hydrogen-bond acceptors (Lipinski definition) is 3. The highest BCUT2D eigenvalue weighted by molar-refractivity contribution is 5.76. The molecule has 1 atom stereocenters. The summed E-state index contributed by atoms with van der Waals surface area (Å²) in [5.74, 6) is 1.40. The van der Waals surface area contributed by atoms with Crippen molar-refractivity contribution in [2.75, 3.05) is 20.2 Å². The number of rotatable bonds is 7. The number of pyridine rings is 1. The summed E-state index contributed by atoms with van der Waals surface area (Å²) >= 11 is 0. The Bertz CT molecular complexity index is 968. The van der Waals surface area contributed by atoms with E-state index in [2.05, 4.69) is 36.4 Å². The number of methoxy groups -OCH3 is 1. The largest absolute Gasteiger partial charge is 0.497 e. The fourth-order valence-corrected chi connectivity index (χ4v) is 4.26. The summed E-state index contributed by atoms with van der Waals surface area (Å²) in [5, 5.41) is 0. The number of benzene rings is 2. The number of carbonyl (C=O) groups is 1. The van der Waals surface area contributed by atoms with Crippen molar-refractivity contribution in [1.29, 1.82) is 0 Å². The molecule has 1 aliphatic heterocycles. The lowest BCUT2D eigenvalue weighted by Crippen LogP contribution is -2.39. The molecule has 4 heteroatoms. The molecule has 4 rings (SSSR count). The van der Waals surface area contributed by atoms with Gasteiger partial charge in [0.1, 0.15) is 5.75 Å². The molecule has 1 amide bonds. The quantitative estimate of drug-likeness (QED) is 0.545. The van der Waals surface area contributed by atoms with Crippen LogP contribution in [-0.2, 0) is 17.6 Å². The zero-order chi connectivity index (χ0) is 21.5. The summed E-state index contributed by atoms with van der Waals surface area (Å²) in [6.07, 6.45) is 6.32. The molecule has 0 unspecified atom stereocenters. The first-order valence-corrected chi connectivity index (χ1v) is 11.1. The first-order chi connectivity index (χ1) is 15.2. The molecule has 0 saturated carbocycles. The molecule has 1 saturated heterocycles. The minimum atomic E-state index is 0.237. The van der Waals surface area contributed by atoms with E-state index in [1.165, 1.54) is 16.7 Å². The lowest BCUT2D eigenvalue weighted by Gasteiger charge is -2.32. The fraction of sp³-hybridized carbons (Fsp3) is 0.333. The smallest absolute Gasteiger partial charge is 0.222 e. The van der Waals surface area contributed by atoms with Crippen LogP contribution in [0.2, 0.25) is 0 Å². The van der Waals surface area contributed by atoms with Gasteiger partial charge in [-0.25, -0.2) is 0 Å². The van der Waals surface area contributed by atoms with Crippen LogP contribution in [0.15, 0.2) is 72.9 Å². The number of likely N-dealkylation sites (tertiary alicyclic amines) is 1. The lowest BCUT2D eigenvalue weighted by molar-refractivity contribution is -0.132. The summed E-state index contributed by atoms with van der Waals surface area (Å²) in [5.41, 5.74) is 4.78. The Kier molecular flexibility index (Phi) is 6.98. The van der Waals surface area contributed by atoms with Crippen LogP contribution in [0.3, 0.4) is 0 Å². The standard InChI is InChI=1S/C27H30N2O2/c1-31-25-13-9-21(10-14-25)12-16-27(30)29-17-5-8-24(20-29)26-15-11-23(19-28-26)18-22-6-3-2-4-7-22/h2-4,6-7,9-11,13-15,19,24H,5,8,12,16-18,20H2,1H3/t24-/m1/s1. The second-order valence-corrected chi connectivity index (χ2v) is 8.28. The van der Waals surface area contributed by atoms with Gasteiger partial charge in [0, 0.05) is 37.3 Å². The Hall–Kier alpha value is -3.14. The maximum absolute atomic E-state index is 12.8. The molecule has 1 aromatic heterocycles. The van der Waals surface area contributed by atoms with Gasteiger partial charge in [0.25, 0.3) is 0 Å². The molecule has 0 bridgehead atoms. The molecular formula is C27H30N2O2. The predicted octanol–water partition coefficient (Wildman–Crippen LogP) is 5.02. The highest BCUT2D eigenvalue weighted by Crippen LogP contribution is 2.26. The Morgan fingerprint density at radius 3 is 2.48 bits per heavy atom. The van der Waals surface area contributed by atoms with E-state index in [4.69, 9.17) is 9.72 Å². The Morgan fingerprint density at radius 1 is 1.00 bits per heavy atom. The predicted molar refractivity (Wildman–Crippen MR) is 123 cm³/mol. The molecule has 1 fully saturated rings. The van der Waals surface area contributed by atoms with Crippen LogP contribution in [0.4, 0.5) is 0 Å². The van der Waals surface area contributed by atoms with E-state index in [9.17, 15) is 4.79 Å². The van der Waals surface area contributed by atoms with Crippen molar-refractivity contribution >= 4 is 5.91 Å². The number of piperidine rings is 1. The van der Waals surface area contributed by atoms with Gasteiger partial charge in [-0.05, 0) is 60.6 Å². The normalized spacial score (nSPS) is 16.2. The maximum atomic E-state index is 12.8. The van der Waals surface area contributed by atoms with Gasteiger partial charge in [-0.1, -0.05) is 48.5 Å². The molecule has 3 aromatic rings. The Balaban J connectivity index is 1.31. The molecule has 2 aromatic carbocycles. The van der Waals surface area contributed by atoms with Gasteiger partial charge in [-0.3, -0.25) is 9.78 Å². The van der Waals surface area contributed by atoms with E-state index in [1.807, 2.05) is 41.4 Å². The highest BCUT2D eigenvalue weighted by Gasteiger charge is 2.25. The SMILES string of the molecule is COc1ccc(CCC(=O)N2CCC[C@@H](c3ccc(Cc4ccccc4)cn3)C2)cc1. The van der Waals surface area contributed by atoms with Crippen molar-refractivity contribution in [1.82, 2.24) is 9.88 Å². The van der Waals surface area contributed by atoms with Crippen LogP contribution < -0.4 is 4.74 Å². The third kappa shape index (κ3) is 5.72. The van der Waals surface area contributed by atoms with Crippen molar-refractivity contribution < 1.29 is 9.53 Å². The number of carbonyl (C=O) groups excluding carboxylic acids is 1. The topological polar surface area (TPSA) is 42.4 Å². The molecule has 4 nitrogen and oxygen atoms in total. The second-order valence-electron chi connectivity index (χ2n) is 8.28. The van der Waals surface area contributed by atoms with E-state index in [1.54, 1.807) is 7.11 Å². The van der Waals surface area contributed by atoms with Gasteiger partial charge in [0.15, 0.2) is 0 Å². The van der Waals surface area contributed by atoms with E-state index < -0.39 is 0 Å². The van der Waals surface area contributed by atoms with Crippen LogP contribution >= 0.6 is 0 Å². The van der Waals surface area contributed by atoms with E-state index in [-0.39, 0.29) is 5.91 Å². The minimum Gasteiger partial charge on any atom is -0.497 e. The average molecular weight is 415 g/mol. The molecule has 31 heavy (non-hydrogen) atoms. The van der Waals surface area contributed by atoms with Crippen LogP contribution in [0, 0.1) is 0 Å². The number of ether oxygens (including phenoxy) is 1. The molecule has 0 aliphatic carbocycles. The van der Waals surface area contributed by atoms with Crippen molar-refractivity contribution in [2.24, 2.45) is 0 Å². The van der Waals surface area contributed by atoms with Gasteiger partial charge in [-0.15, -0.1) is 0 Å². The summed E-state index contributed by atoms with van der Waals surface area (Å²) in [6.45, 7) is 1.62. The van der Waals surface area contributed by atoms with Crippen LogP contribution in [0.1, 0.15) is 47.6 Å². The monoisotopic (exact) mass is 414 g/mol. The average Bonchev–Trinajstić information content (AvgIpc) is 2.84. The molecule has 0 radical (unpaired) electrons. The first-order valence-electron chi connectivity index (χ1n) is 11.1. The fourth-order valence-electron chi connectivity index (χ4n) is 4.26. The van der Waals surface area contributed by atoms with Crippen molar-refractivity contribution in [2.45, 2.75) is 38.0 Å². The van der Waals surface area contributed by atoms with Gasteiger partial charge in [-0.2, -0.15) is 0 Å². The zero-order valence-electron chi connectivity index (χ0n) is 18.2. The first kappa shape index (κ1) is 21.1. The second kappa shape index (κ2) is 10.3. The maximum Gasteiger partial charge on any atom is 0.222 e. The van der Waals surface area contributed by atoms with Crippen LogP contribution in [0.25, 0.3) is 0 Å². The number of nitrogens with zero attached hydrogens (tertiary/aromatic N) is 2. The number of hydrogen-bond donors (Lipinski definition) is 0. The van der Waals surface area contributed by atoms with Crippen molar-refractivity contribution in [3.8, 4) is 5.75 Å². The van der Waals surface area contributed by atoms with Gasteiger partial charge in [0.2, 0.25) is 5.91 Å². The Morgan fingerprint density at radius 2 is 1.77 bits per heavy atom. The molecule has 160 valence electrons. The van der Waals surface area contributed by atoms with Crippen LogP contribution in [0.5, 0.6) is 5.75 Å². The molecule has 2 heterocycles. The summed E-state index contributed by atoms with van der Waals surface area (Å²) in [4.78, 5) is 19.6.